The van der Waals surface area contributed by atoms with Gasteiger partial charge in [0.05, 0.1) is 25.3 Å². The summed E-state index contributed by atoms with van der Waals surface area (Å²) in [6.45, 7) is 7.70. The number of fused-ring (bicyclic) bond motifs is 1. The average Bonchev–Trinajstić information content (AvgIpc) is 3.24. The summed E-state index contributed by atoms with van der Waals surface area (Å²) in [5, 5.41) is 2.38. The minimum atomic E-state index is -0.261. The molecule has 0 radical (unpaired) electrons. The first kappa shape index (κ1) is 20.2. The molecule has 0 saturated carbocycles. The van der Waals surface area contributed by atoms with Crippen molar-refractivity contribution in [3.8, 4) is 0 Å². The maximum absolute atomic E-state index is 12.9. The van der Waals surface area contributed by atoms with E-state index in [1.807, 2.05) is 24.3 Å². The molecule has 0 saturated heterocycles. The van der Waals surface area contributed by atoms with E-state index in [4.69, 9.17) is 9.15 Å². The Kier molecular flexibility index (Phi) is 7.26. The van der Waals surface area contributed by atoms with Crippen LogP contribution in [0.2, 0.25) is 0 Å². The van der Waals surface area contributed by atoms with E-state index in [1.165, 1.54) is 21.2 Å². The number of benzene rings is 2. The molecule has 0 unspecified atom stereocenters. The van der Waals surface area contributed by atoms with Crippen molar-refractivity contribution in [1.82, 2.24) is 0 Å². The first-order valence-corrected chi connectivity index (χ1v) is 10.2. The maximum Gasteiger partial charge on any atom is 0.309 e. The monoisotopic (exact) mass is 380 g/mol. The molecular formula is C24H30NO3+. The summed E-state index contributed by atoms with van der Waals surface area (Å²) in [6.07, 6.45) is 2.84. The molecule has 1 atom stereocenters. The van der Waals surface area contributed by atoms with E-state index in [9.17, 15) is 4.79 Å². The van der Waals surface area contributed by atoms with E-state index in [2.05, 4.69) is 44.2 Å². The number of nitrogens with one attached hydrogen (secondary N) is 1. The number of ether oxygens (including phenoxy) is 1. The summed E-state index contributed by atoms with van der Waals surface area (Å²) < 4.78 is 11.2. The van der Waals surface area contributed by atoms with Crippen molar-refractivity contribution < 1.29 is 18.8 Å². The number of carbonyl (C=O) groups excluding carboxylic acids is 1. The molecule has 0 aliphatic carbocycles. The largest absolute Gasteiger partial charge is 0.469 e. The van der Waals surface area contributed by atoms with Crippen molar-refractivity contribution in [2.45, 2.75) is 26.7 Å². The Morgan fingerprint density at radius 2 is 1.79 bits per heavy atom. The fraction of sp³-hybridized carbons (Fsp3) is 0.375. The minimum absolute atomic E-state index is 0.143. The number of carbonyl (C=O) groups is 1. The van der Waals surface area contributed by atoms with Crippen LogP contribution in [0.3, 0.4) is 0 Å². The Morgan fingerprint density at radius 1 is 1.00 bits per heavy atom. The molecule has 0 aliphatic heterocycles. The number of likely N-dealkylation sites (N-methyl/N-ethyl adjacent to an activating group) is 1. The van der Waals surface area contributed by atoms with Crippen LogP contribution < -0.4 is 4.90 Å². The number of esters is 1. The third kappa shape index (κ3) is 5.23. The Labute approximate surface area is 167 Å². The van der Waals surface area contributed by atoms with Crippen LogP contribution in [0.1, 0.15) is 25.2 Å². The lowest BCUT2D eigenvalue weighted by Gasteiger charge is -2.18. The first-order valence-electron chi connectivity index (χ1n) is 10.2. The standard InChI is InChI=1S/C24H29NO3/c1-3-25(4-2)14-16-28-24(26)21(18-22-12-8-15-27-22)17-20-11-7-10-19-9-5-6-13-23(19)20/h5-13,15,21H,3-4,14,16-18H2,1-2H3/p+1/t21-/m0/s1. The molecule has 3 aromatic rings. The highest BCUT2D eigenvalue weighted by atomic mass is 16.5. The Bertz CT molecular complexity index is 863. The average molecular weight is 381 g/mol. The van der Waals surface area contributed by atoms with Crippen LogP contribution in [0, 0.1) is 5.92 Å². The quantitative estimate of drug-likeness (QED) is 0.549. The van der Waals surface area contributed by atoms with Crippen LogP contribution in [0.4, 0.5) is 0 Å². The first-order chi connectivity index (χ1) is 13.7. The Balaban J connectivity index is 1.74. The lowest BCUT2D eigenvalue weighted by molar-refractivity contribution is -0.896. The van der Waals surface area contributed by atoms with Gasteiger partial charge in [0.15, 0.2) is 0 Å². The second-order valence-corrected chi connectivity index (χ2v) is 7.20. The highest BCUT2D eigenvalue weighted by Crippen LogP contribution is 2.24. The van der Waals surface area contributed by atoms with Crippen LogP contribution in [0.15, 0.2) is 65.3 Å². The van der Waals surface area contributed by atoms with Gasteiger partial charge in [-0.05, 0) is 48.7 Å². The summed E-state index contributed by atoms with van der Waals surface area (Å²) in [4.78, 5) is 14.3. The van der Waals surface area contributed by atoms with Crippen LogP contribution >= 0.6 is 0 Å². The highest BCUT2D eigenvalue weighted by molar-refractivity contribution is 5.86. The molecule has 4 nitrogen and oxygen atoms in total. The lowest BCUT2D eigenvalue weighted by Crippen LogP contribution is -3.11. The van der Waals surface area contributed by atoms with Gasteiger partial charge in [0, 0.05) is 6.42 Å². The number of quaternary nitrogens is 1. The molecule has 3 rings (SSSR count). The van der Waals surface area contributed by atoms with E-state index < -0.39 is 0 Å². The molecule has 1 heterocycles. The van der Waals surface area contributed by atoms with E-state index in [0.717, 1.165) is 25.4 Å². The molecule has 28 heavy (non-hydrogen) atoms. The predicted molar refractivity (Wildman–Crippen MR) is 111 cm³/mol. The zero-order valence-corrected chi connectivity index (χ0v) is 16.8. The second-order valence-electron chi connectivity index (χ2n) is 7.20. The van der Waals surface area contributed by atoms with E-state index in [-0.39, 0.29) is 11.9 Å². The van der Waals surface area contributed by atoms with Crippen LogP contribution in [0.5, 0.6) is 0 Å². The van der Waals surface area contributed by atoms with Crippen molar-refractivity contribution in [2.75, 3.05) is 26.2 Å². The van der Waals surface area contributed by atoms with Gasteiger partial charge < -0.3 is 14.1 Å². The van der Waals surface area contributed by atoms with Gasteiger partial charge in [0.1, 0.15) is 18.9 Å². The second kappa shape index (κ2) is 10.1. The maximum atomic E-state index is 12.9. The van der Waals surface area contributed by atoms with Crippen LogP contribution in [-0.4, -0.2) is 32.2 Å². The van der Waals surface area contributed by atoms with Gasteiger partial charge in [-0.2, -0.15) is 0 Å². The summed E-state index contributed by atoms with van der Waals surface area (Å²) in [5.41, 5.74) is 1.17. The van der Waals surface area contributed by atoms with Gasteiger partial charge in [-0.25, -0.2) is 0 Å². The Hall–Kier alpha value is -2.59. The molecule has 0 aliphatic rings. The topological polar surface area (TPSA) is 43.9 Å². The van der Waals surface area contributed by atoms with E-state index >= 15 is 0 Å². The Morgan fingerprint density at radius 3 is 2.54 bits per heavy atom. The molecule has 0 bridgehead atoms. The third-order valence-corrected chi connectivity index (χ3v) is 5.41. The van der Waals surface area contributed by atoms with Gasteiger partial charge in [0.2, 0.25) is 0 Å². The molecule has 4 heteroatoms. The molecule has 0 spiro atoms. The van der Waals surface area contributed by atoms with Gasteiger partial charge in [-0.1, -0.05) is 42.5 Å². The SMILES string of the molecule is CC[NH+](CC)CCOC(=O)[C@H](Cc1ccco1)Cc1cccc2ccccc12. The number of hydrogen-bond acceptors (Lipinski definition) is 3. The predicted octanol–water partition coefficient (Wildman–Crippen LogP) is 3.30. The molecule has 0 amide bonds. The summed E-state index contributed by atoms with van der Waals surface area (Å²) >= 11 is 0. The zero-order valence-electron chi connectivity index (χ0n) is 16.8. The van der Waals surface area contributed by atoms with Gasteiger partial charge >= 0.3 is 5.97 Å². The minimum Gasteiger partial charge on any atom is -0.469 e. The fourth-order valence-electron chi connectivity index (χ4n) is 3.66. The van der Waals surface area contributed by atoms with Gasteiger partial charge in [0.25, 0.3) is 0 Å². The molecule has 0 fully saturated rings. The molecule has 148 valence electrons. The van der Waals surface area contributed by atoms with Crippen LogP contribution in [-0.2, 0) is 22.4 Å². The van der Waals surface area contributed by atoms with E-state index in [1.54, 1.807) is 6.26 Å². The lowest BCUT2D eigenvalue weighted by atomic mass is 9.92. The molecule has 2 aromatic carbocycles. The van der Waals surface area contributed by atoms with E-state index in [0.29, 0.717) is 19.4 Å². The number of rotatable bonds is 10. The van der Waals surface area contributed by atoms with Gasteiger partial charge in [-0.3, -0.25) is 4.79 Å². The third-order valence-electron chi connectivity index (χ3n) is 5.41. The van der Waals surface area contributed by atoms with Crippen molar-refractivity contribution in [1.29, 1.82) is 0 Å². The molecule has 1 aromatic heterocycles. The molecular weight excluding hydrogens is 350 g/mol. The summed E-state index contributed by atoms with van der Waals surface area (Å²) in [7, 11) is 0. The van der Waals surface area contributed by atoms with Gasteiger partial charge in [-0.15, -0.1) is 0 Å². The summed E-state index contributed by atoms with van der Waals surface area (Å²) in [5.74, 6) is 0.413. The fourth-order valence-corrected chi connectivity index (χ4v) is 3.66. The van der Waals surface area contributed by atoms with Crippen molar-refractivity contribution >= 4 is 16.7 Å². The summed E-state index contributed by atoms with van der Waals surface area (Å²) in [6, 6.07) is 18.3. The number of furan rings is 1. The van der Waals surface area contributed by atoms with Crippen molar-refractivity contribution in [3.63, 3.8) is 0 Å². The normalized spacial score (nSPS) is 12.4. The van der Waals surface area contributed by atoms with Crippen molar-refractivity contribution in [3.05, 3.63) is 72.2 Å². The van der Waals surface area contributed by atoms with Crippen molar-refractivity contribution in [2.24, 2.45) is 5.92 Å². The van der Waals surface area contributed by atoms with Crippen LogP contribution in [0.25, 0.3) is 10.8 Å². The highest BCUT2D eigenvalue weighted by Gasteiger charge is 2.23. The molecule has 1 N–H and O–H groups in total. The number of hydrogen-bond donors (Lipinski definition) is 1. The smallest absolute Gasteiger partial charge is 0.309 e. The zero-order chi connectivity index (χ0) is 19.8.